The highest BCUT2D eigenvalue weighted by Crippen LogP contribution is 2.49. The summed E-state index contributed by atoms with van der Waals surface area (Å²) in [5.41, 5.74) is 18.7. The molecule has 2 aliphatic rings. The Kier molecular flexibility index (Phi) is 9.34. The molecule has 0 amide bonds. The average Bonchev–Trinajstić information content (AvgIpc) is 3.97. The van der Waals surface area contributed by atoms with Crippen LogP contribution in [0.25, 0.3) is 52.9 Å². The molecule has 0 N–H and O–H groups in total. The zero-order chi connectivity index (χ0) is 48.6. The molecular formula is C66H52BN3OS. The van der Waals surface area contributed by atoms with Crippen LogP contribution in [0.2, 0.25) is 0 Å². The second-order valence-electron chi connectivity index (χ2n) is 21.8. The van der Waals surface area contributed by atoms with Crippen molar-refractivity contribution in [1.82, 2.24) is 0 Å². The number of hydrogen-bond acceptors (Lipinski definition) is 5. The first kappa shape index (κ1) is 42.8. The summed E-state index contributed by atoms with van der Waals surface area (Å²) in [6.45, 7) is 13.7. The molecule has 0 spiro atoms. The molecule has 4 nitrogen and oxygen atoms in total. The minimum atomic E-state index is -0.0603. The Morgan fingerprint density at radius 3 is 1.71 bits per heavy atom. The maximum atomic E-state index is 6.40. The molecule has 346 valence electrons. The number of hydrogen-bond donors (Lipinski definition) is 0. The van der Waals surface area contributed by atoms with Crippen molar-refractivity contribution >= 4 is 139 Å². The van der Waals surface area contributed by atoms with Crippen LogP contribution >= 0.6 is 11.3 Å². The normalized spacial score (nSPS) is 13.3. The third-order valence-corrected chi connectivity index (χ3v) is 16.5. The summed E-state index contributed by atoms with van der Waals surface area (Å²) < 4.78 is 9.02. The SMILES string of the molecule is CC(C)(C)c1ccc(N2c3cc(N(c4ccc5ccccc5c4)c4ccc5oc6ccccc6c5c4)ccc3B3c4c2cccc4N(c2ccc(C(C)(C)C)cc2)c2ccc4sc5ccccc5c4c23)cc1. The minimum absolute atomic E-state index is 0.00567. The number of thiophene rings is 1. The Hall–Kier alpha value is -8.06. The van der Waals surface area contributed by atoms with Gasteiger partial charge in [0.05, 0.1) is 0 Å². The quantitative estimate of drug-likeness (QED) is 0.160. The van der Waals surface area contributed by atoms with E-state index >= 15 is 0 Å². The van der Waals surface area contributed by atoms with Crippen LogP contribution in [0.1, 0.15) is 52.7 Å². The second-order valence-corrected chi connectivity index (χ2v) is 22.8. The molecular weight excluding hydrogens is 894 g/mol. The van der Waals surface area contributed by atoms with Crippen molar-refractivity contribution < 1.29 is 4.42 Å². The number of anilines is 9. The van der Waals surface area contributed by atoms with E-state index in [4.69, 9.17) is 4.42 Å². The molecule has 0 fully saturated rings. The van der Waals surface area contributed by atoms with Gasteiger partial charge in [-0.3, -0.25) is 0 Å². The van der Waals surface area contributed by atoms with Gasteiger partial charge in [0.2, 0.25) is 0 Å². The monoisotopic (exact) mass is 945 g/mol. The standard InChI is InChI=1S/C66H52BN3OS/c1-65(2,3)43-23-28-45(29-24-43)69-54-18-13-19-55-63(54)67(64-56(69)35-37-61-62(64)51-17-10-12-21-60(51)72-61)53-34-32-49(40-57(53)70(55)46-30-25-44(26-31-46)66(4,5)6)68(47-27-22-41-14-7-8-15-42(41)38-47)48-33-36-59-52(39-48)50-16-9-11-20-58(50)71-59/h7-40H,1-6H3. The molecule has 0 atom stereocenters. The Morgan fingerprint density at radius 2 is 0.986 bits per heavy atom. The molecule has 2 aromatic heterocycles. The Balaban J connectivity index is 1.05. The fourth-order valence-corrected chi connectivity index (χ4v) is 12.9. The van der Waals surface area contributed by atoms with E-state index in [0.717, 1.165) is 56.1 Å². The van der Waals surface area contributed by atoms with Crippen molar-refractivity contribution in [3.8, 4) is 0 Å². The average molecular weight is 946 g/mol. The van der Waals surface area contributed by atoms with Crippen LogP contribution in [0.3, 0.4) is 0 Å². The summed E-state index contributed by atoms with van der Waals surface area (Å²) in [4.78, 5) is 7.52. The van der Waals surface area contributed by atoms with Gasteiger partial charge in [0, 0.05) is 71.4 Å². The van der Waals surface area contributed by atoms with Crippen molar-refractivity contribution in [2.75, 3.05) is 14.7 Å². The lowest BCUT2D eigenvalue weighted by Gasteiger charge is -2.44. The number of nitrogens with zero attached hydrogens (tertiary/aromatic N) is 3. The maximum absolute atomic E-state index is 6.40. The summed E-state index contributed by atoms with van der Waals surface area (Å²) in [6.07, 6.45) is 0. The maximum Gasteiger partial charge on any atom is 0.253 e. The van der Waals surface area contributed by atoms with E-state index < -0.39 is 0 Å². The first-order valence-corrected chi connectivity index (χ1v) is 26.0. The number of benzene rings is 10. The van der Waals surface area contributed by atoms with E-state index in [-0.39, 0.29) is 17.5 Å². The van der Waals surface area contributed by atoms with Crippen LogP contribution in [0.4, 0.5) is 51.2 Å². The van der Waals surface area contributed by atoms with Crippen LogP contribution < -0.4 is 31.1 Å². The molecule has 14 rings (SSSR count). The van der Waals surface area contributed by atoms with Gasteiger partial charge in [-0.15, -0.1) is 11.3 Å². The smallest absolute Gasteiger partial charge is 0.253 e. The molecule has 0 aliphatic carbocycles. The first-order valence-electron chi connectivity index (χ1n) is 25.2. The topological polar surface area (TPSA) is 22.9 Å². The van der Waals surface area contributed by atoms with Gasteiger partial charge in [0.15, 0.2) is 0 Å². The van der Waals surface area contributed by atoms with Crippen LogP contribution in [-0.2, 0) is 10.8 Å². The van der Waals surface area contributed by atoms with E-state index in [1.54, 1.807) is 0 Å². The van der Waals surface area contributed by atoms with Crippen LogP contribution in [0.15, 0.2) is 211 Å². The molecule has 72 heavy (non-hydrogen) atoms. The van der Waals surface area contributed by atoms with Crippen molar-refractivity contribution in [2.24, 2.45) is 0 Å². The molecule has 0 saturated heterocycles. The number of furan rings is 1. The molecule has 0 unspecified atom stereocenters. The Morgan fingerprint density at radius 1 is 0.417 bits per heavy atom. The fourth-order valence-electron chi connectivity index (χ4n) is 11.8. The Labute approximate surface area is 425 Å². The second kappa shape index (κ2) is 15.7. The highest BCUT2D eigenvalue weighted by atomic mass is 32.1. The molecule has 0 radical (unpaired) electrons. The molecule has 12 aromatic rings. The molecule has 6 heteroatoms. The third-order valence-electron chi connectivity index (χ3n) is 15.3. The van der Waals surface area contributed by atoms with Crippen molar-refractivity contribution in [1.29, 1.82) is 0 Å². The number of para-hydroxylation sites is 1. The molecule has 10 aromatic carbocycles. The molecule has 2 aliphatic heterocycles. The summed E-state index contributed by atoms with van der Waals surface area (Å²) in [5.74, 6) is 0. The number of rotatable bonds is 5. The molecule has 4 heterocycles. The van der Waals surface area contributed by atoms with Crippen LogP contribution in [-0.4, -0.2) is 6.71 Å². The van der Waals surface area contributed by atoms with Crippen LogP contribution in [0, 0.1) is 0 Å². The lowest BCUT2D eigenvalue weighted by molar-refractivity contribution is 0.590. The van der Waals surface area contributed by atoms with Crippen molar-refractivity contribution in [3.05, 3.63) is 217 Å². The van der Waals surface area contributed by atoms with Crippen molar-refractivity contribution in [2.45, 2.75) is 52.4 Å². The van der Waals surface area contributed by atoms with E-state index in [0.29, 0.717) is 0 Å². The van der Waals surface area contributed by atoms with Gasteiger partial charge in [-0.2, -0.15) is 0 Å². The predicted molar refractivity (Wildman–Crippen MR) is 310 cm³/mol. The van der Waals surface area contributed by atoms with Gasteiger partial charge in [0.1, 0.15) is 11.2 Å². The lowest BCUT2D eigenvalue weighted by atomic mass is 9.33. The fraction of sp³-hybridized carbons (Fsp3) is 0.121. The van der Waals surface area contributed by atoms with E-state index in [1.807, 2.05) is 17.4 Å². The van der Waals surface area contributed by atoms with Crippen LogP contribution in [0.5, 0.6) is 0 Å². The first-order chi connectivity index (χ1) is 35.0. The van der Waals surface area contributed by atoms with Gasteiger partial charge >= 0.3 is 0 Å². The summed E-state index contributed by atoms with van der Waals surface area (Å²) in [6, 6.07) is 77.1. The van der Waals surface area contributed by atoms with Gasteiger partial charge in [-0.25, -0.2) is 0 Å². The van der Waals surface area contributed by atoms with Gasteiger partial charge in [0.25, 0.3) is 6.71 Å². The lowest BCUT2D eigenvalue weighted by Crippen LogP contribution is -2.61. The Bertz CT molecular complexity index is 4150. The zero-order valence-corrected chi connectivity index (χ0v) is 42.2. The van der Waals surface area contributed by atoms with Gasteiger partial charge in [-0.05, 0) is 163 Å². The molecule has 0 bridgehead atoms. The van der Waals surface area contributed by atoms with Crippen molar-refractivity contribution in [3.63, 3.8) is 0 Å². The zero-order valence-electron chi connectivity index (χ0n) is 41.4. The van der Waals surface area contributed by atoms with E-state index in [1.165, 1.54) is 75.5 Å². The highest BCUT2D eigenvalue weighted by Gasteiger charge is 2.45. The minimum Gasteiger partial charge on any atom is -0.456 e. The van der Waals surface area contributed by atoms with Gasteiger partial charge in [-0.1, -0.05) is 145 Å². The summed E-state index contributed by atoms with van der Waals surface area (Å²) >= 11 is 1.90. The van der Waals surface area contributed by atoms with E-state index in [2.05, 4.69) is 256 Å². The molecule has 0 saturated carbocycles. The third kappa shape index (κ3) is 6.58. The van der Waals surface area contributed by atoms with E-state index in [9.17, 15) is 0 Å². The largest absolute Gasteiger partial charge is 0.456 e. The number of fused-ring (bicyclic) bond motifs is 12. The highest BCUT2D eigenvalue weighted by molar-refractivity contribution is 7.26. The van der Waals surface area contributed by atoms with Gasteiger partial charge < -0.3 is 19.1 Å². The summed E-state index contributed by atoms with van der Waals surface area (Å²) in [5, 5.41) is 7.25. The summed E-state index contributed by atoms with van der Waals surface area (Å²) in [7, 11) is 0. The predicted octanol–water partition coefficient (Wildman–Crippen LogP) is 17.3.